The summed E-state index contributed by atoms with van der Waals surface area (Å²) in [5, 5.41) is 3.34. The lowest BCUT2D eigenvalue weighted by Crippen LogP contribution is -2.29. The fourth-order valence-corrected chi connectivity index (χ4v) is 3.35. The highest BCUT2D eigenvalue weighted by molar-refractivity contribution is 6.31. The SMILES string of the molecule is COc1cc(Cl)c(CNC(=O)COc2ccc(C(C)(C)C)cc2C(C)(C)C)cc1OC. The average Bonchev–Trinajstić information content (AvgIpc) is 2.69. The molecule has 0 aliphatic rings. The van der Waals surface area contributed by atoms with E-state index < -0.39 is 0 Å². The normalized spacial score (nSPS) is 11.8. The lowest BCUT2D eigenvalue weighted by molar-refractivity contribution is -0.123. The van der Waals surface area contributed by atoms with Crippen LogP contribution in [0, 0.1) is 0 Å². The lowest BCUT2D eigenvalue weighted by Gasteiger charge is -2.27. The minimum Gasteiger partial charge on any atom is -0.493 e. The van der Waals surface area contributed by atoms with Gasteiger partial charge in [-0.2, -0.15) is 0 Å². The van der Waals surface area contributed by atoms with Gasteiger partial charge in [-0.25, -0.2) is 0 Å². The lowest BCUT2D eigenvalue weighted by atomic mass is 9.80. The standard InChI is InChI=1S/C25H34ClNO4/c1-24(2,3)17-9-10-20(18(12-17)25(4,5)6)31-15-23(28)27-14-16-11-21(29-7)22(30-8)13-19(16)26/h9-13H,14-15H2,1-8H3,(H,27,28). The Balaban J connectivity index is 2.08. The predicted octanol–water partition coefficient (Wildman–Crippen LogP) is 5.65. The number of hydrogen-bond acceptors (Lipinski definition) is 4. The van der Waals surface area contributed by atoms with E-state index in [9.17, 15) is 4.79 Å². The van der Waals surface area contributed by atoms with Gasteiger partial charge in [-0.15, -0.1) is 0 Å². The van der Waals surface area contributed by atoms with Crippen molar-refractivity contribution in [3.63, 3.8) is 0 Å². The van der Waals surface area contributed by atoms with Gasteiger partial charge in [0.1, 0.15) is 5.75 Å². The van der Waals surface area contributed by atoms with E-state index >= 15 is 0 Å². The van der Waals surface area contributed by atoms with Gasteiger partial charge in [-0.3, -0.25) is 4.79 Å². The van der Waals surface area contributed by atoms with Crippen molar-refractivity contribution in [2.24, 2.45) is 0 Å². The van der Waals surface area contributed by atoms with Crippen LogP contribution in [0.4, 0.5) is 0 Å². The maximum Gasteiger partial charge on any atom is 0.258 e. The summed E-state index contributed by atoms with van der Waals surface area (Å²) in [5.41, 5.74) is 2.97. The first-order valence-corrected chi connectivity index (χ1v) is 10.7. The van der Waals surface area contributed by atoms with Crippen LogP contribution < -0.4 is 19.5 Å². The molecule has 170 valence electrons. The van der Waals surface area contributed by atoms with Crippen LogP contribution in [0.2, 0.25) is 5.02 Å². The van der Waals surface area contributed by atoms with Crippen LogP contribution in [0.5, 0.6) is 17.2 Å². The van der Waals surface area contributed by atoms with Crippen molar-refractivity contribution in [1.82, 2.24) is 5.32 Å². The fraction of sp³-hybridized carbons (Fsp3) is 0.480. The number of rotatable bonds is 7. The molecule has 2 rings (SSSR count). The molecule has 0 aromatic heterocycles. The molecular formula is C25H34ClNO4. The maximum atomic E-state index is 12.4. The Hall–Kier alpha value is -2.40. The van der Waals surface area contributed by atoms with E-state index in [1.165, 1.54) is 5.56 Å². The van der Waals surface area contributed by atoms with Gasteiger partial charge < -0.3 is 19.5 Å². The molecule has 0 atom stereocenters. The zero-order valence-corrected chi connectivity index (χ0v) is 20.6. The number of carbonyl (C=O) groups is 1. The zero-order valence-electron chi connectivity index (χ0n) is 19.8. The Bertz CT molecular complexity index is 926. The second kappa shape index (κ2) is 9.82. The van der Waals surface area contributed by atoms with Crippen LogP contribution in [0.3, 0.4) is 0 Å². The summed E-state index contributed by atoms with van der Waals surface area (Å²) < 4.78 is 16.4. The molecule has 0 bridgehead atoms. The predicted molar refractivity (Wildman–Crippen MR) is 126 cm³/mol. The molecule has 0 heterocycles. The smallest absolute Gasteiger partial charge is 0.258 e. The zero-order chi connectivity index (χ0) is 23.4. The van der Waals surface area contributed by atoms with Crippen LogP contribution in [-0.2, 0) is 22.2 Å². The van der Waals surface area contributed by atoms with Gasteiger partial charge in [0.25, 0.3) is 5.91 Å². The summed E-state index contributed by atoms with van der Waals surface area (Å²) in [6.45, 7) is 13.1. The Kier molecular flexibility index (Phi) is 7.87. The first kappa shape index (κ1) is 24.9. The van der Waals surface area contributed by atoms with Crippen LogP contribution in [0.15, 0.2) is 30.3 Å². The van der Waals surface area contributed by atoms with E-state index in [4.69, 9.17) is 25.8 Å². The number of benzene rings is 2. The topological polar surface area (TPSA) is 56.8 Å². The van der Waals surface area contributed by atoms with Crippen molar-refractivity contribution < 1.29 is 19.0 Å². The minimum absolute atomic E-state index is 0.0363. The van der Waals surface area contributed by atoms with E-state index in [1.807, 2.05) is 6.07 Å². The molecule has 1 N–H and O–H groups in total. The quantitative estimate of drug-likeness (QED) is 0.596. The fourth-order valence-electron chi connectivity index (χ4n) is 3.13. The molecule has 2 aromatic carbocycles. The van der Waals surface area contributed by atoms with Crippen LogP contribution in [0.1, 0.15) is 58.2 Å². The van der Waals surface area contributed by atoms with Crippen molar-refractivity contribution in [1.29, 1.82) is 0 Å². The summed E-state index contributed by atoms with van der Waals surface area (Å²) in [4.78, 5) is 12.4. The molecule has 0 saturated heterocycles. The van der Waals surface area contributed by atoms with Gasteiger partial charge >= 0.3 is 0 Å². The number of carbonyl (C=O) groups excluding carboxylic acids is 1. The highest BCUT2D eigenvalue weighted by Crippen LogP contribution is 2.36. The largest absolute Gasteiger partial charge is 0.493 e. The Morgan fingerprint density at radius 3 is 2.06 bits per heavy atom. The van der Waals surface area contributed by atoms with Gasteiger partial charge in [0.15, 0.2) is 18.1 Å². The van der Waals surface area contributed by atoms with Gasteiger partial charge in [-0.05, 0) is 39.7 Å². The Morgan fingerprint density at radius 2 is 1.52 bits per heavy atom. The molecule has 2 aromatic rings. The highest BCUT2D eigenvalue weighted by atomic mass is 35.5. The molecule has 1 amide bonds. The van der Waals surface area contributed by atoms with Crippen LogP contribution in [0.25, 0.3) is 0 Å². The summed E-state index contributed by atoms with van der Waals surface area (Å²) in [6.07, 6.45) is 0. The number of methoxy groups -OCH3 is 2. The van der Waals surface area contributed by atoms with E-state index in [0.29, 0.717) is 16.5 Å². The first-order valence-electron chi connectivity index (χ1n) is 10.3. The van der Waals surface area contributed by atoms with E-state index in [2.05, 4.69) is 59.0 Å². The van der Waals surface area contributed by atoms with Crippen molar-refractivity contribution in [3.8, 4) is 17.2 Å². The van der Waals surface area contributed by atoms with Crippen molar-refractivity contribution in [2.75, 3.05) is 20.8 Å². The Labute approximate surface area is 191 Å². The molecular weight excluding hydrogens is 414 g/mol. The molecule has 0 unspecified atom stereocenters. The molecule has 0 fully saturated rings. The van der Waals surface area contributed by atoms with E-state index in [-0.39, 0.29) is 29.9 Å². The van der Waals surface area contributed by atoms with Crippen LogP contribution in [-0.4, -0.2) is 26.7 Å². The number of nitrogens with one attached hydrogen (secondary N) is 1. The van der Waals surface area contributed by atoms with Crippen molar-refractivity contribution in [2.45, 2.75) is 58.9 Å². The molecule has 5 nitrogen and oxygen atoms in total. The summed E-state index contributed by atoms with van der Waals surface area (Å²) >= 11 is 6.30. The number of hydrogen-bond donors (Lipinski definition) is 1. The maximum absolute atomic E-state index is 12.4. The monoisotopic (exact) mass is 447 g/mol. The highest BCUT2D eigenvalue weighted by Gasteiger charge is 2.23. The van der Waals surface area contributed by atoms with E-state index in [1.54, 1.807) is 26.4 Å². The number of halogens is 1. The summed E-state index contributed by atoms with van der Waals surface area (Å²) in [5.74, 6) is 1.59. The van der Waals surface area contributed by atoms with Crippen LogP contribution >= 0.6 is 11.6 Å². The van der Waals surface area contributed by atoms with Gasteiger partial charge in [0.2, 0.25) is 0 Å². The van der Waals surface area contributed by atoms with Gasteiger partial charge in [0.05, 0.1) is 14.2 Å². The molecule has 0 aliphatic heterocycles. The third-order valence-electron chi connectivity index (χ3n) is 5.04. The number of ether oxygens (including phenoxy) is 3. The van der Waals surface area contributed by atoms with Crippen molar-refractivity contribution >= 4 is 17.5 Å². The third kappa shape index (κ3) is 6.54. The van der Waals surface area contributed by atoms with Crippen molar-refractivity contribution in [3.05, 3.63) is 52.0 Å². The summed E-state index contributed by atoms with van der Waals surface area (Å²) in [7, 11) is 3.10. The average molecular weight is 448 g/mol. The van der Waals surface area contributed by atoms with E-state index in [0.717, 1.165) is 16.9 Å². The second-order valence-corrected chi connectivity index (χ2v) is 9.98. The van der Waals surface area contributed by atoms with Gasteiger partial charge in [0, 0.05) is 17.6 Å². The molecule has 0 aliphatic carbocycles. The minimum atomic E-state index is -0.231. The molecule has 0 saturated carbocycles. The molecule has 0 spiro atoms. The molecule has 6 heteroatoms. The second-order valence-electron chi connectivity index (χ2n) is 9.57. The number of amides is 1. The first-order chi connectivity index (χ1) is 14.4. The Morgan fingerprint density at radius 1 is 0.903 bits per heavy atom. The molecule has 31 heavy (non-hydrogen) atoms. The van der Waals surface area contributed by atoms with Gasteiger partial charge in [-0.1, -0.05) is 65.3 Å². The summed E-state index contributed by atoms with van der Waals surface area (Å²) in [6, 6.07) is 9.62. The third-order valence-corrected chi connectivity index (χ3v) is 5.39. The molecule has 0 radical (unpaired) electrons.